The number of nitrogens with one attached hydrogen (secondary N) is 1. The summed E-state index contributed by atoms with van der Waals surface area (Å²) in [6, 6.07) is 0.455. The summed E-state index contributed by atoms with van der Waals surface area (Å²) in [5, 5.41) is 3.95. The first kappa shape index (κ1) is 19.7. The number of hydrogen-bond acceptors (Lipinski definition) is 6. The van der Waals surface area contributed by atoms with E-state index in [9.17, 15) is 9.18 Å². The smallest absolute Gasteiger partial charge is 0.316 e. The van der Waals surface area contributed by atoms with Gasteiger partial charge in [0.15, 0.2) is 5.82 Å². The largest absolute Gasteiger partial charge is 0.460 e. The Morgan fingerprint density at radius 2 is 1.96 bits per heavy atom. The molecule has 0 radical (unpaired) electrons. The van der Waals surface area contributed by atoms with E-state index >= 15 is 0 Å². The van der Waals surface area contributed by atoms with Crippen LogP contribution in [-0.4, -0.2) is 39.0 Å². The molecule has 3 rings (SSSR count). The Kier molecular flexibility index (Phi) is 7.85. The molecule has 1 unspecified atom stereocenters. The number of rotatable bonds is 8. The standard InChI is InChI=1S/C18H26FN3O2S2/c19-13-11-20-18(21-12-13)24-15-7-5-14(6-8-15)22-17(23)4-2-1-3-16-9-10-25-26-16/h11-12,14-16H,1-10H2,(H,22,23). The fraction of sp³-hybridized carbons (Fsp3) is 0.722. The highest BCUT2D eigenvalue weighted by Crippen LogP contribution is 2.39. The molecule has 1 saturated carbocycles. The van der Waals surface area contributed by atoms with Gasteiger partial charge in [0.25, 0.3) is 0 Å². The van der Waals surface area contributed by atoms with Gasteiger partial charge in [-0.25, -0.2) is 14.4 Å². The van der Waals surface area contributed by atoms with Gasteiger partial charge in [-0.3, -0.25) is 4.79 Å². The molecule has 8 heteroatoms. The van der Waals surface area contributed by atoms with Gasteiger partial charge in [0.1, 0.15) is 6.10 Å². The highest BCUT2D eigenvalue weighted by Gasteiger charge is 2.24. The summed E-state index contributed by atoms with van der Waals surface area (Å²) in [5.41, 5.74) is 0. The second kappa shape index (κ2) is 10.3. The first-order valence-corrected chi connectivity index (χ1v) is 11.8. The molecule has 1 amide bonds. The maximum absolute atomic E-state index is 12.8. The number of aromatic nitrogens is 2. The maximum atomic E-state index is 12.8. The molecule has 5 nitrogen and oxygen atoms in total. The number of nitrogens with zero attached hydrogens (tertiary/aromatic N) is 2. The lowest BCUT2D eigenvalue weighted by molar-refractivity contribution is -0.122. The van der Waals surface area contributed by atoms with E-state index in [2.05, 4.69) is 15.3 Å². The Labute approximate surface area is 162 Å². The Morgan fingerprint density at radius 3 is 2.65 bits per heavy atom. The molecule has 1 saturated heterocycles. The minimum Gasteiger partial charge on any atom is -0.460 e. The Hall–Kier alpha value is -1.02. The zero-order valence-electron chi connectivity index (χ0n) is 14.9. The summed E-state index contributed by atoms with van der Waals surface area (Å²) in [6.45, 7) is 0. The molecule has 1 aromatic rings. The van der Waals surface area contributed by atoms with E-state index in [0.29, 0.717) is 6.42 Å². The molecule has 0 aromatic carbocycles. The van der Waals surface area contributed by atoms with Gasteiger partial charge in [0.2, 0.25) is 5.91 Å². The first-order chi connectivity index (χ1) is 12.7. The van der Waals surface area contributed by atoms with E-state index < -0.39 is 5.82 Å². The minimum atomic E-state index is -0.468. The second-order valence-electron chi connectivity index (χ2n) is 6.92. The summed E-state index contributed by atoms with van der Waals surface area (Å²) in [7, 11) is 3.98. The average Bonchev–Trinajstić information content (AvgIpc) is 3.16. The van der Waals surface area contributed by atoms with Gasteiger partial charge in [-0.2, -0.15) is 0 Å². The van der Waals surface area contributed by atoms with E-state index in [1.807, 2.05) is 21.6 Å². The molecule has 2 heterocycles. The van der Waals surface area contributed by atoms with Crippen LogP contribution in [0.1, 0.15) is 57.8 Å². The highest BCUT2D eigenvalue weighted by atomic mass is 33.1. The number of ether oxygens (including phenoxy) is 1. The summed E-state index contributed by atoms with van der Waals surface area (Å²) >= 11 is 0. The highest BCUT2D eigenvalue weighted by molar-refractivity contribution is 8.77. The van der Waals surface area contributed by atoms with Crippen molar-refractivity contribution in [2.24, 2.45) is 0 Å². The molecular weight excluding hydrogens is 373 g/mol. The monoisotopic (exact) mass is 399 g/mol. The summed E-state index contributed by atoms with van der Waals surface area (Å²) in [6.07, 6.45) is 11.1. The number of unbranched alkanes of at least 4 members (excludes halogenated alkanes) is 1. The van der Waals surface area contributed by atoms with Crippen LogP contribution in [0.3, 0.4) is 0 Å². The predicted octanol–water partition coefficient (Wildman–Crippen LogP) is 4.14. The van der Waals surface area contributed by atoms with Crippen LogP contribution in [0.15, 0.2) is 12.4 Å². The van der Waals surface area contributed by atoms with Crippen LogP contribution in [0.4, 0.5) is 4.39 Å². The molecule has 2 aliphatic rings. The number of halogens is 1. The van der Waals surface area contributed by atoms with E-state index in [1.165, 1.54) is 18.6 Å². The van der Waals surface area contributed by atoms with Gasteiger partial charge in [-0.15, -0.1) is 0 Å². The average molecular weight is 400 g/mol. The van der Waals surface area contributed by atoms with Crippen molar-refractivity contribution in [3.05, 3.63) is 18.2 Å². The quantitative estimate of drug-likeness (QED) is 0.524. The molecule has 1 aliphatic carbocycles. The maximum Gasteiger partial charge on any atom is 0.316 e. The predicted molar refractivity (Wildman–Crippen MR) is 104 cm³/mol. The third-order valence-corrected chi connectivity index (χ3v) is 7.82. The summed E-state index contributed by atoms with van der Waals surface area (Å²) in [5.74, 6) is 0.976. The van der Waals surface area contributed by atoms with Crippen molar-refractivity contribution in [2.45, 2.75) is 75.2 Å². The normalized spacial score (nSPS) is 25.8. The Balaban J connectivity index is 1.27. The molecular formula is C18H26FN3O2S2. The van der Waals surface area contributed by atoms with Crippen molar-refractivity contribution in [1.29, 1.82) is 0 Å². The van der Waals surface area contributed by atoms with Crippen molar-refractivity contribution >= 4 is 27.5 Å². The van der Waals surface area contributed by atoms with Crippen LogP contribution in [-0.2, 0) is 4.79 Å². The minimum absolute atomic E-state index is 0.0374. The van der Waals surface area contributed by atoms with E-state index in [4.69, 9.17) is 4.74 Å². The number of hydrogen-bond donors (Lipinski definition) is 1. The topological polar surface area (TPSA) is 64.1 Å². The van der Waals surface area contributed by atoms with Gasteiger partial charge < -0.3 is 10.1 Å². The fourth-order valence-electron chi connectivity index (χ4n) is 3.36. The van der Waals surface area contributed by atoms with Crippen LogP contribution in [0.2, 0.25) is 0 Å². The van der Waals surface area contributed by atoms with Crippen molar-refractivity contribution in [3.8, 4) is 6.01 Å². The molecule has 0 spiro atoms. The van der Waals surface area contributed by atoms with Crippen LogP contribution in [0.25, 0.3) is 0 Å². The van der Waals surface area contributed by atoms with Crippen molar-refractivity contribution in [2.75, 3.05) is 5.75 Å². The van der Waals surface area contributed by atoms with Gasteiger partial charge >= 0.3 is 6.01 Å². The third-order valence-electron chi connectivity index (χ3n) is 4.82. The third kappa shape index (κ3) is 6.61. The molecule has 26 heavy (non-hydrogen) atoms. The van der Waals surface area contributed by atoms with Crippen molar-refractivity contribution in [3.63, 3.8) is 0 Å². The lowest BCUT2D eigenvalue weighted by Crippen LogP contribution is -2.39. The van der Waals surface area contributed by atoms with Crippen LogP contribution in [0.5, 0.6) is 6.01 Å². The second-order valence-corrected chi connectivity index (χ2v) is 9.71. The van der Waals surface area contributed by atoms with Gasteiger partial charge in [-0.05, 0) is 44.9 Å². The van der Waals surface area contributed by atoms with Crippen LogP contribution >= 0.6 is 21.6 Å². The van der Waals surface area contributed by atoms with E-state index in [1.54, 1.807) is 0 Å². The summed E-state index contributed by atoms with van der Waals surface area (Å²) in [4.78, 5) is 19.8. The molecule has 1 aromatic heterocycles. The number of carbonyl (C=O) groups is 1. The number of amides is 1. The summed E-state index contributed by atoms with van der Waals surface area (Å²) < 4.78 is 18.5. The zero-order valence-corrected chi connectivity index (χ0v) is 16.5. The van der Waals surface area contributed by atoms with Crippen LogP contribution in [0, 0.1) is 5.82 Å². The molecule has 1 aliphatic heterocycles. The molecule has 1 atom stereocenters. The molecule has 1 N–H and O–H groups in total. The SMILES string of the molecule is O=C(CCCCC1CCSS1)NC1CCC(Oc2ncc(F)cn2)CC1. The van der Waals surface area contributed by atoms with Gasteiger partial charge in [0, 0.05) is 23.5 Å². The molecule has 2 fully saturated rings. The lowest BCUT2D eigenvalue weighted by Gasteiger charge is -2.28. The number of carbonyl (C=O) groups excluding carboxylic acids is 1. The van der Waals surface area contributed by atoms with E-state index in [-0.39, 0.29) is 24.1 Å². The fourth-order valence-corrected chi connectivity index (χ4v) is 6.38. The molecule has 144 valence electrons. The van der Waals surface area contributed by atoms with E-state index in [0.717, 1.165) is 56.2 Å². The Morgan fingerprint density at radius 1 is 1.19 bits per heavy atom. The zero-order chi connectivity index (χ0) is 18.2. The first-order valence-electron chi connectivity index (χ1n) is 9.41. The Bertz CT molecular complexity index is 562. The molecule has 0 bridgehead atoms. The van der Waals surface area contributed by atoms with Crippen molar-refractivity contribution < 1.29 is 13.9 Å². The van der Waals surface area contributed by atoms with Gasteiger partial charge in [0.05, 0.1) is 12.4 Å². The van der Waals surface area contributed by atoms with Gasteiger partial charge in [-0.1, -0.05) is 28.0 Å². The van der Waals surface area contributed by atoms with Crippen molar-refractivity contribution in [1.82, 2.24) is 15.3 Å². The lowest BCUT2D eigenvalue weighted by atomic mass is 9.93. The van der Waals surface area contributed by atoms with Crippen LogP contribution < -0.4 is 10.1 Å².